The van der Waals surface area contributed by atoms with Gasteiger partial charge in [0.15, 0.2) is 0 Å². The first-order valence-corrected chi connectivity index (χ1v) is 4.44. The van der Waals surface area contributed by atoms with Crippen molar-refractivity contribution in [1.82, 2.24) is 9.55 Å². The van der Waals surface area contributed by atoms with Gasteiger partial charge in [-0.2, -0.15) is 0 Å². The average molecular weight is 206 g/mol. The molecule has 5 nitrogen and oxygen atoms in total. The minimum absolute atomic E-state index is 0.119. The Morgan fingerprint density at radius 3 is 2.93 bits per heavy atom. The number of carboxylic acids is 1. The molecule has 2 rings (SSSR count). The summed E-state index contributed by atoms with van der Waals surface area (Å²) >= 11 is 0. The number of imidazole rings is 1. The first kappa shape index (κ1) is 9.51. The standard InChI is InChI=1S/C10H10N2O3/c1-12-8-4-6(13)2-3-7(8)11-9(12)5-10(14)15/h2-4,13H,5H2,1H3,(H,14,15). The molecular formula is C10H10N2O3. The number of carbonyl (C=O) groups is 1. The predicted molar refractivity (Wildman–Crippen MR) is 53.7 cm³/mol. The molecule has 5 heteroatoms. The van der Waals surface area contributed by atoms with Crippen LogP contribution in [-0.2, 0) is 18.3 Å². The summed E-state index contributed by atoms with van der Waals surface area (Å²) in [7, 11) is 1.73. The lowest BCUT2D eigenvalue weighted by Crippen LogP contribution is -2.06. The number of nitrogens with zero attached hydrogens (tertiary/aromatic N) is 2. The van der Waals surface area contributed by atoms with E-state index in [-0.39, 0.29) is 12.2 Å². The fourth-order valence-corrected chi connectivity index (χ4v) is 1.52. The minimum Gasteiger partial charge on any atom is -0.508 e. The van der Waals surface area contributed by atoms with Crippen molar-refractivity contribution >= 4 is 17.0 Å². The van der Waals surface area contributed by atoms with Crippen molar-refractivity contribution < 1.29 is 15.0 Å². The maximum atomic E-state index is 10.6. The van der Waals surface area contributed by atoms with Crippen LogP contribution in [-0.4, -0.2) is 25.7 Å². The molecule has 1 aromatic heterocycles. The third-order valence-corrected chi connectivity index (χ3v) is 2.27. The number of carboxylic acid groups (broad SMARTS) is 1. The van der Waals surface area contributed by atoms with Crippen LogP contribution in [0.3, 0.4) is 0 Å². The van der Waals surface area contributed by atoms with E-state index in [2.05, 4.69) is 4.98 Å². The molecule has 0 aliphatic rings. The Bertz CT molecular complexity index is 531. The Morgan fingerprint density at radius 1 is 1.53 bits per heavy atom. The van der Waals surface area contributed by atoms with Gasteiger partial charge in [-0.05, 0) is 12.1 Å². The van der Waals surface area contributed by atoms with Crippen LogP contribution in [0.1, 0.15) is 5.82 Å². The molecule has 0 atom stereocenters. The fourth-order valence-electron chi connectivity index (χ4n) is 1.52. The van der Waals surface area contributed by atoms with Crippen LogP contribution in [0.15, 0.2) is 18.2 Å². The summed E-state index contributed by atoms with van der Waals surface area (Å²) in [6.07, 6.45) is -0.119. The van der Waals surface area contributed by atoms with Crippen molar-refractivity contribution in [3.05, 3.63) is 24.0 Å². The molecule has 0 unspecified atom stereocenters. The zero-order chi connectivity index (χ0) is 11.0. The van der Waals surface area contributed by atoms with Crippen molar-refractivity contribution in [3.63, 3.8) is 0 Å². The van der Waals surface area contributed by atoms with Gasteiger partial charge < -0.3 is 14.8 Å². The van der Waals surface area contributed by atoms with E-state index in [1.807, 2.05) is 0 Å². The van der Waals surface area contributed by atoms with E-state index in [1.165, 1.54) is 6.07 Å². The molecule has 0 spiro atoms. The van der Waals surface area contributed by atoms with Crippen LogP contribution in [0.2, 0.25) is 0 Å². The summed E-state index contributed by atoms with van der Waals surface area (Å²) in [5.41, 5.74) is 1.41. The highest BCUT2D eigenvalue weighted by Gasteiger charge is 2.10. The van der Waals surface area contributed by atoms with Gasteiger partial charge >= 0.3 is 5.97 Å². The van der Waals surface area contributed by atoms with Crippen LogP contribution in [0.5, 0.6) is 5.75 Å². The van der Waals surface area contributed by atoms with Crippen LogP contribution in [0.25, 0.3) is 11.0 Å². The molecule has 0 bridgehead atoms. The minimum atomic E-state index is -0.919. The topological polar surface area (TPSA) is 75.4 Å². The SMILES string of the molecule is Cn1c(CC(=O)O)nc2ccc(O)cc21. The third-order valence-electron chi connectivity index (χ3n) is 2.27. The normalized spacial score (nSPS) is 10.7. The largest absolute Gasteiger partial charge is 0.508 e. The molecule has 0 saturated heterocycles. The molecule has 15 heavy (non-hydrogen) atoms. The zero-order valence-electron chi connectivity index (χ0n) is 8.14. The Hall–Kier alpha value is -2.04. The van der Waals surface area contributed by atoms with Gasteiger partial charge in [0, 0.05) is 13.1 Å². The van der Waals surface area contributed by atoms with Crippen molar-refractivity contribution in [2.24, 2.45) is 7.05 Å². The van der Waals surface area contributed by atoms with E-state index in [9.17, 15) is 9.90 Å². The van der Waals surface area contributed by atoms with Crippen molar-refractivity contribution in [3.8, 4) is 5.75 Å². The highest BCUT2D eigenvalue weighted by Crippen LogP contribution is 2.20. The monoisotopic (exact) mass is 206 g/mol. The molecule has 0 radical (unpaired) electrons. The van der Waals surface area contributed by atoms with Crippen molar-refractivity contribution in [1.29, 1.82) is 0 Å². The summed E-state index contributed by atoms with van der Waals surface area (Å²) in [5.74, 6) is -0.298. The second-order valence-corrected chi connectivity index (χ2v) is 3.33. The zero-order valence-corrected chi connectivity index (χ0v) is 8.14. The molecular weight excluding hydrogens is 196 g/mol. The quantitative estimate of drug-likeness (QED) is 0.765. The number of benzene rings is 1. The molecule has 0 aliphatic carbocycles. The molecule has 2 aromatic rings. The van der Waals surface area contributed by atoms with Gasteiger partial charge in [-0.1, -0.05) is 0 Å². The molecule has 1 heterocycles. The number of aryl methyl sites for hydroxylation is 1. The second-order valence-electron chi connectivity index (χ2n) is 3.33. The number of aromatic hydroxyl groups is 1. The Kier molecular flexibility index (Phi) is 2.07. The van der Waals surface area contributed by atoms with Gasteiger partial charge in [-0.25, -0.2) is 4.98 Å². The summed E-state index contributed by atoms with van der Waals surface area (Å²) in [4.78, 5) is 14.7. The van der Waals surface area contributed by atoms with Gasteiger partial charge in [0.25, 0.3) is 0 Å². The first-order chi connectivity index (χ1) is 7.08. The number of hydrogen-bond acceptors (Lipinski definition) is 3. The van der Waals surface area contributed by atoms with Gasteiger partial charge in [0.05, 0.1) is 11.0 Å². The first-order valence-electron chi connectivity index (χ1n) is 4.44. The molecule has 0 aliphatic heterocycles. The number of fused-ring (bicyclic) bond motifs is 1. The number of rotatable bonds is 2. The third kappa shape index (κ3) is 1.63. The summed E-state index contributed by atoms with van der Waals surface area (Å²) in [6.45, 7) is 0. The lowest BCUT2D eigenvalue weighted by molar-refractivity contribution is -0.136. The van der Waals surface area contributed by atoms with Crippen LogP contribution in [0, 0.1) is 0 Å². The Labute approximate surface area is 85.6 Å². The maximum Gasteiger partial charge on any atom is 0.311 e. The molecule has 0 fully saturated rings. The smallest absolute Gasteiger partial charge is 0.311 e. The summed E-state index contributed by atoms with van der Waals surface area (Å²) < 4.78 is 1.67. The molecule has 0 amide bonds. The highest BCUT2D eigenvalue weighted by atomic mass is 16.4. The number of phenolic OH excluding ortho intramolecular Hbond substituents is 1. The van der Waals surface area contributed by atoms with Crippen LogP contribution >= 0.6 is 0 Å². The number of hydrogen-bond donors (Lipinski definition) is 2. The molecule has 78 valence electrons. The van der Waals surface area contributed by atoms with Gasteiger partial charge in [0.1, 0.15) is 18.0 Å². The van der Waals surface area contributed by atoms with Gasteiger partial charge in [-0.3, -0.25) is 4.79 Å². The lowest BCUT2D eigenvalue weighted by atomic mass is 10.3. The van der Waals surface area contributed by atoms with Crippen LogP contribution < -0.4 is 0 Å². The van der Waals surface area contributed by atoms with E-state index in [4.69, 9.17) is 5.11 Å². The number of aliphatic carboxylic acids is 1. The summed E-state index contributed by atoms with van der Waals surface area (Å²) in [6, 6.07) is 4.75. The van der Waals surface area contributed by atoms with Crippen molar-refractivity contribution in [2.75, 3.05) is 0 Å². The van der Waals surface area contributed by atoms with E-state index in [0.717, 1.165) is 5.52 Å². The van der Waals surface area contributed by atoms with E-state index >= 15 is 0 Å². The summed E-state index contributed by atoms with van der Waals surface area (Å²) in [5, 5.41) is 18.0. The molecule has 2 N–H and O–H groups in total. The number of phenols is 1. The predicted octanol–water partition coefficient (Wildman–Crippen LogP) is 0.906. The average Bonchev–Trinajstić information content (AvgIpc) is 2.44. The fraction of sp³-hybridized carbons (Fsp3) is 0.200. The van der Waals surface area contributed by atoms with E-state index in [1.54, 1.807) is 23.7 Å². The van der Waals surface area contributed by atoms with Crippen molar-refractivity contribution in [2.45, 2.75) is 6.42 Å². The van der Waals surface area contributed by atoms with Crippen LogP contribution in [0.4, 0.5) is 0 Å². The van der Waals surface area contributed by atoms with E-state index in [0.29, 0.717) is 11.3 Å². The van der Waals surface area contributed by atoms with E-state index < -0.39 is 5.97 Å². The van der Waals surface area contributed by atoms with Gasteiger partial charge in [-0.15, -0.1) is 0 Å². The second kappa shape index (κ2) is 3.27. The number of aromatic nitrogens is 2. The maximum absolute atomic E-state index is 10.6. The molecule has 0 saturated carbocycles. The highest BCUT2D eigenvalue weighted by molar-refractivity contribution is 5.79. The Balaban J connectivity index is 2.59. The Morgan fingerprint density at radius 2 is 2.27 bits per heavy atom. The molecule has 1 aromatic carbocycles. The van der Waals surface area contributed by atoms with Gasteiger partial charge in [0.2, 0.25) is 0 Å². The lowest BCUT2D eigenvalue weighted by Gasteiger charge is -1.98.